The minimum Gasteiger partial charge on any atom is -0.394 e. The summed E-state index contributed by atoms with van der Waals surface area (Å²) in [5, 5.41) is 8.29. The Bertz CT molecular complexity index is 53.0. The van der Waals surface area contributed by atoms with Crippen LogP contribution in [0.4, 0.5) is 0 Å². The first-order valence-electron chi connectivity index (χ1n) is 3.45. The van der Waals surface area contributed by atoms with Crippen LogP contribution in [0.3, 0.4) is 0 Å². The van der Waals surface area contributed by atoms with Gasteiger partial charge >= 0.3 is 0 Å². The lowest BCUT2D eigenvalue weighted by Gasteiger charge is -2.02. The molecule has 0 saturated heterocycles. The van der Waals surface area contributed by atoms with Gasteiger partial charge in [0.15, 0.2) is 0 Å². The second kappa shape index (κ2) is 8.84. The molecule has 0 radical (unpaired) electrons. The molecule has 0 spiro atoms. The number of ether oxygens (including phenoxy) is 1. The molecule has 0 aromatic heterocycles. The first-order chi connectivity index (χ1) is 4.91. The van der Waals surface area contributed by atoms with Crippen molar-refractivity contribution < 1.29 is 14.7 Å². The molecule has 0 fully saturated rings. The molecule has 0 aliphatic heterocycles. The lowest BCUT2D eigenvalue weighted by molar-refractivity contribution is 0.0217. The van der Waals surface area contributed by atoms with Gasteiger partial charge < -0.3 is 14.7 Å². The number of rotatable bonds is 7. The van der Waals surface area contributed by atoms with Crippen LogP contribution in [-0.2, 0) is 9.57 Å². The lowest BCUT2D eigenvalue weighted by atomic mass is 10.7. The fourth-order valence-corrected chi connectivity index (χ4v) is 0.455. The third kappa shape index (κ3) is 7.84. The molecule has 0 heterocycles. The van der Waals surface area contributed by atoms with Gasteiger partial charge in [0.2, 0.25) is 0 Å². The Labute approximate surface area is 61.1 Å². The second-order valence-corrected chi connectivity index (χ2v) is 1.66. The normalized spacial score (nSPS) is 10.2. The molecule has 0 aromatic rings. The van der Waals surface area contributed by atoms with Crippen molar-refractivity contribution in [3.8, 4) is 0 Å². The van der Waals surface area contributed by atoms with Gasteiger partial charge in [0.1, 0.15) is 0 Å². The molecule has 0 aliphatic carbocycles. The summed E-state index contributed by atoms with van der Waals surface area (Å²) < 4.78 is 4.94. The van der Waals surface area contributed by atoms with E-state index in [1.165, 1.54) is 0 Å². The average molecular weight is 149 g/mol. The molecule has 2 N–H and O–H groups in total. The van der Waals surface area contributed by atoms with Gasteiger partial charge in [-0.3, -0.25) is 0 Å². The molecular weight excluding hydrogens is 134 g/mol. The van der Waals surface area contributed by atoms with Crippen molar-refractivity contribution in [2.24, 2.45) is 0 Å². The highest BCUT2D eigenvalue weighted by Gasteiger charge is 1.85. The van der Waals surface area contributed by atoms with Crippen molar-refractivity contribution in [2.45, 2.75) is 6.92 Å². The monoisotopic (exact) mass is 149 g/mol. The Kier molecular flexibility index (Phi) is 8.70. The third-order valence-corrected chi connectivity index (χ3v) is 0.830. The van der Waals surface area contributed by atoms with Crippen LogP contribution in [0.5, 0.6) is 0 Å². The number of nitrogens with one attached hydrogen (secondary N) is 1. The van der Waals surface area contributed by atoms with Crippen LogP contribution in [0, 0.1) is 0 Å². The molecule has 62 valence electrons. The summed E-state index contributed by atoms with van der Waals surface area (Å²) in [6.45, 7) is 4.26. The molecule has 0 unspecified atom stereocenters. The van der Waals surface area contributed by atoms with Gasteiger partial charge in [-0.2, -0.15) is 0 Å². The predicted octanol–water partition coefficient (Wildman–Crippen LogP) is -0.464. The van der Waals surface area contributed by atoms with Crippen molar-refractivity contribution in [2.75, 3.05) is 33.0 Å². The Morgan fingerprint density at radius 2 is 2.20 bits per heavy atom. The largest absolute Gasteiger partial charge is 0.394 e. The Hall–Kier alpha value is -0.160. The number of aliphatic hydroxyl groups excluding tert-OH is 1. The summed E-state index contributed by atoms with van der Waals surface area (Å²) in [6.07, 6.45) is 0. The second-order valence-electron chi connectivity index (χ2n) is 1.66. The molecule has 0 bridgehead atoms. The lowest BCUT2D eigenvalue weighted by Crippen LogP contribution is -2.20. The van der Waals surface area contributed by atoms with Crippen molar-refractivity contribution in [1.29, 1.82) is 0 Å². The van der Waals surface area contributed by atoms with E-state index in [2.05, 4.69) is 5.48 Å². The van der Waals surface area contributed by atoms with E-state index in [0.29, 0.717) is 26.4 Å². The number of aliphatic hydroxyl groups is 1. The molecular formula is C6H15NO3. The highest BCUT2D eigenvalue weighted by Crippen LogP contribution is 1.71. The smallest absolute Gasteiger partial charge is 0.0698 e. The fraction of sp³-hybridized carbons (Fsp3) is 1.00. The van der Waals surface area contributed by atoms with Gasteiger partial charge in [0, 0.05) is 6.54 Å². The number of hydrogen-bond donors (Lipinski definition) is 2. The van der Waals surface area contributed by atoms with Crippen LogP contribution in [0.25, 0.3) is 0 Å². The zero-order chi connectivity index (χ0) is 7.66. The van der Waals surface area contributed by atoms with Crippen molar-refractivity contribution in [1.82, 2.24) is 5.48 Å². The highest BCUT2D eigenvalue weighted by molar-refractivity contribution is 4.31. The zero-order valence-electron chi connectivity index (χ0n) is 6.30. The van der Waals surface area contributed by atoms with Gasteiger partial charge in [0.25, 0.3) is 0 Å². The van der Waals surface area contributed by atoms with Gasteiger partial charge in [0.05, 0.1) is 26.4 Å². The van der Waals surface area contributed by atoms with E-state index in [1.807, 2.05) is 6.92 Å². The van der Waals surface area contributed by atoms with Crippen molar-refractivity contribution in [3.05, 3.63) is 0 Å². The van der Waals surface area contributed by atoms with Gasteiger partial charge in [-0.25, -0.2) is 5.48 Å². The fourth-order valence-electron chi connectivity index (χ4n) is 0.455. The maximum absolute atomic E-state index is 8.29. The van der Waals surface area contributed by atoms with E-state index in [-0.39, 0.29) is 6.61 Å². The summed E-state index contributed by atoms with van der Waals surface area (Å²) in [5.41, 5.74) is 2.69. The standard InChI is InChI=1S/C6H15NO3/c1-2-10-7-3-5-9-6-4-8/h7-8H,2-6H2,1H3. The molecule has 10 heavy (non-hydrogen) atoms. The molecule has 4 nitrogen and oxygen atoms in total. The molecule has 0 aliphatic rings. The average Bonchev–Trinajstić information content (AvgIpc) is 1.97. The maximum atomic E-state index is 8.29. The van der Waals surface area contributed by atoms with Crippen LogP contribution in [-0.4, -0.2) is 38.1 Å². The van der Waals surface area contributed by atoms with Crippen molar-refractivity contribution in [3.63, 3.8) is 0 Å². The first-order valence-corrected chi connectivity index (χ1v) is 3.45. The highest BCUT2D eigenvalue weighted by atomic mass is 16.6. The Morgan fingerprint density at radius 3 is 2.80 bits per heavy atom. The predicted molar refractivity (Wildman–Crippen MR) is 37.5 cm³/mol. The Morgan fingerprint density at radius 1 is 1.40 bits per heavy atom. The van der Waals surface area contributed by atoms with Gasteiger partial charge in [-0.15, -0.1) is 0 Å². The molecule has 0 atom stereocenters. The van der Waals surface area contributed by atoms with E-state index in [4.69, 9.17) is 14.7 Å². The van der Waals surface area contributed by atoms with Crippen LogP contribution in [0.15, 0.2) is 0 Å². The van der Waals surface area contributed by atoms with Crippen LogP contribution >= 0.6 is 0 Å². The van der Waals surface area contributed by atoms with Gasteiger partial charge in [-0.05, 0) is 6.92 Å². The molecule has 0 rings (SSSR count). The topological polar surface area (TPSA) is 50.7 Å². The van der Waals surface area contributed by atoms with Gasteiger partial charge in [-0.1, -0.05) is 0 Å². The third-order valence-electron chi connectivity index (χ3n) is 0.830. The summed E-state index contributed by atoms with van der Waals surface area (Å²) in [6, 6.07) is 0. The van der Waals surface area contributed by atoms with E-state index >= 15 is 0 Å². The summed E-state index contributed by atoms with van der Waals surface area (Å²) >= 11 is 0. The van der Waals surface area contributed by atoms with E-state index in [9.17, 15) is 0 Å². The molecule has 0 aromatic carbocycles. The molecule has 4 heteroatoms. The summed E-state index contributed by atoms with van der Waals surface area (Å²) in [5.74, 6) is 0. The van der Waals surface area contributed by atoms with Crippen LogP contribution < -0.4 is 5.48 Å². The minimum atomic E-state index is 0.0780. The zero-order valence-corrected chi connectivity index (χ0v) is 6.30. The van der Waals surface area contributed by atoms with E-state index in [0.717, 1.165) is 0 Å². The quantitative estimate of drug-likeness (QED) is 0.380. The van der Waals surface area contributed by atoms with E-state index < -0.39 is 0 Å². The van der Waals surface area contributed by atoms with Crippen LogP contribution in [0.2, 0.25) is 0 Å². The number of hydrogen-bond acceptors (Lipinski definition) is 4. The SMILES string of the molecule is CCONCCOCCO. The number of hydroxylamine groups is 1. The molecule has 0 amide bonds. The Balaban J connectivity index is 2.65. The summed E-state index contributed by atoms with van der Waals surface area (Å²) in [4.78, 5) is 4.82. The van der Waals surface area contributed by atoms with Crippen molar-refractivity contribution >= 4 is 0 Å². The maximum Gasteiger partial charge on any atom is 0.0698 e. The first kappa shape index (κ1) is 9.84. The van der Waals surface area contributed by atoms with Crippen LogP contribution in [0.1, 0.15) is 6.92 Å². The van der Waals surface area contributed by atoms with E-state index in [1.54, 1.807) is 0 Å². The summed E-state index contributed by atoms with van der Waals surface area (Å²) in [7, 11) is 0. The minimum absolute atomic E-state index is 0.0780. The molecule has 0 saturated carbocycles.